The van der Waals surface area contributed by atoms with Gasteiger partial charge in [0.05, 0.1) is 0 Å². The van der Waals surface area contributed by atoms with E-state index in [4.69, 9.17) is 0 Å². The van der Waals surface area contributed by atoms with E-state index in [0.717, 1.165) is 27.8 Å². The minimum atomic E-state index is 0.0693. The van der Waals surface area contributed by atoms with Gasteiger partial charge in [-0.25, -0.2) is 0 Å². The lowest BCUT2D eigenvalue weighted by molar-refractivity contribution is 0.103. The Morgan fingerprint density at radius 2 is 1.45 bits per heavy atom. The van der Waals surface area contributed by atoms with Crippen LogP contribution in [0.15, 0.2) is 72.8 Å². The Morgan fingerprint density at radius 1 is 0.727 bits per heavy atom. The smallest absolute Gasteiger partial charge is 0.193 e. The van der Waals surface area contributed by atoms with Crippen LogP contribution in [0.2, 0.25) is 0 Å². The number of carbonyl (C=O) groups excluding carboxylic acids is 1. The average Bonchev–Trinajstić information content (AvgIpc) is 2.55. The van der Waals surface area contributed by atoms with Gasteiger partial charge >= 0.3 is 0 Å². The maximum Gasteiger partial charge on any atom is 0.193 e. The van der Waals surface area contributed by atoms with E-state index in [1.807, 2.05) is 55.5 Å². The summed E-state index contributed by atoms with van der Waals surface area (Å²) < 4.78 is 0. The van der Waals surface area contributed by atoms with E-state index in [1.54, 1.807) is 0 Å². The molecular weight excluding hydrogens is 268 g/mol. The number of ketones is 1. The summed E-state index contributed by atoms with van der Waals surface area (Å²) in [5.74, 6) is 0.0693. The summed E-state index contributed by atoms with van der Waals surface area (Å²) >= 11 is 0. The Labute approximate surface area is 131 Å². The predicted molar refractivity (Wildman–Crippen MR) is 91.2 cm³/mol. The molecule has 0 spiro atoms. The first-order valence-corrected chi connectivity index (χ1v) is 7.42. The first-order chi connectivity index (χ1) is 10.6. The number of carbonyl (C=O) groups is 1. The molecule has 0 N–H and O–H groups in total. The molecule has 0 fully saturated rings. The van der Waals surface area contributed by atoms with Gasteiger partial charge in [-0.3, -0.25) is 4.79 Å². The van der Waals surface area contributed by atoms with E-state index in [-0.39, 0.29) is 5.78 Å². The van der Waals surface area contributed by atoms with Crippen LogP contribution in [0.25, 0.3) is 11.1 Å². The number of benzene rings is 3. The van der Waals surface area contributed by atoms with E-state index in [1.165, 1.54) is 5.56 Å². The molecule has 0 saturated heterocycles. The van der Waals surface area contributed by atoms with Crippen molar-refractivity contribution in [3.63, 3.8) is 0 Å². The van der Waals surface area contributed by atoms with Gasteiger partial charge in [0.2, 0.25) is 0 Å². The third-order valence-corrected chi connectivity index (χ3v) is 3.81. The molecular formula is C21H18O. The third-order valence-electron chi connectivity index (χ3n) is 3.81. The zero-order valence-corrected chi connectivity index (χ0v) is 12.8. The summed E-state index contributed by atoms with van der Waals surface area (Å²) in [6.45, 7) is 4.07. The highest BCUT2D eigenvalue weighted by Crippen LogP contribution is 2.26. The lowest BCUT2D eigenvalue weighted by Gasteiger charge is -2.10. The number of rotatable bonds is 3. The van der Waals surface area contributed by atoms with Gasteiger partial charge in [-0.2, -0.15) is 0 Å². The van der Waals surface area contributed by atoms with Gasteiger partial charge in [-0.15, -0.1) is 0 Å². The topological polar surface area (TPSA) is 17.1 Å². The van der Waals surface area contributed by atoms with Crippen LogP contribution >= 0.6 is 0 Å². The highest BCUT2D eigenvalue weighted by atomic mass is 16.1. The lowest BCUT2D eigenvalue weighted by Crippen LogP contribution is -2.03. The predicted octanol–water partition coefficient (Wildman–Crippen LogP) is 5.20. The SMILES string of the molecule is Cc1ccc(-c2ccccc2C(=O)c2cccc(C)c2)cc1. The van der Waals surface area contributed by atoms with Crippen LogP contribution in [0.5, 0.6) is 0 Å². The van der Waals surface area contributed by atoms with Crippen molar-refractivity contribution in [2.24, 2.45) is 0 Å². The first-order valence-electron chi connectivity index (χ1n) is 7.42. The van der Waals surface area contributed by atoms with Crippen molar-refractivity contribution in [3.05, 3.63) is 95.1 Å². The summed E-state index contributed by atoms with van der Waals surface area (Å²) in [5.41, 5.74) is 5.85. The van der Waals surface area contributed by atoms with Gasteiger partial charge in [0.1, 0.15) is 0 Å². The maximum absolute atomic E-state index is 12.9. The minimum absolute atomic E-state index is 0.0693. The van der Waals surface area contributed by atoms with Crippen molar-refractivity contribution >= 4 is 5.78 Å². The molecule has 0 saturated carbocycles. The highest BCUT2D eigenvalue weighted by molar-refractivity contribution is 6.12. The van der Waals surface area contributed by atoms with E-state index in [9.17, 15) is 4.79 Å². The van der Waals surface area contributed by atoms with E-state index < -0.39 is 0 Å². The molecule has 3 aromatic carbocycles. The van der Waals surface area contributed by atoms with Gasteiger partial charge in [-0.05, 0) is 31.0 Å². The second kappa shape index (κ2) is 5.98. The molecule has 0 amide bonds. The summed E-state index contributed by atoms with van der Waals surface area (Å²) in [4.78, 5) is 12.9. The summed E-state index contributed by atoms with van der Waals surface area (Å²) in [6.07, 6.45) is 0. The Kier molecular flexibility index (Phi) is 3.88. The van der Waals surface area contributed by atoms with Crippen LogP contribution in [0.3, 0.4) is 0 Å². The molecule has 0 aliphatic rings. The molecule has 0 aliphatic carbocycles. The monoisotopic (exact) mass is 286 g/mol. The second-order valence-electron chi connectivity index (χ2n) is 5.61. The van der Waals surface area contributed by atoms with Crippen LogP contribution in [-0.2, 0) is 0 Å². The Balaban J connectivity index is 2.08. The van der Waals surface area contributed by atoms with Crippen LogP contribution in [-0.4, -0.2) is 5.78 Å². The fraction of sp³-hybridized carbons (Fsp3) is 0.0952. The molecule has 0 radical (unpaired) electrons. The fourth-order valence-electron chi connectivity index (χ4n) is 2.61. The molecule has 0 unspecified atom stereocenters. The highest BCUT2D eigenvalue weighted by Gasteiger charge is 2.14. The Morgan fingerprint density at radius 3 is 2.18 bits per heavy atom. The molecule has 0 aromatic heterocycles. The van der Waals surface area contributed by atoms with Gasteiger partial charge in [-0.1, -0.05) is 77.9 Å². The summed E-state index contributed by atoms with van der Waals surface area (Å²) in [7, 11) is 0. The van der Waals surface area contributed by atoms with E-state index >= 15 is 0 Å². The normalized spacial score (nSPS) is 10.5. The molecule has 3 rings (SSSR count). The van der Waals surface area contributed by atoms with Crippen molar-refractivity contribution in [2.45, 2.75) is 13.8 Å². The van der Waals surface area contributed by atoms with E-state index in [0.29, 0.717) is 0 Å². The molecule has 0 aliphatic heterocycles. The van der Waals surface area contributed by atoms with Crippen molar-refractivity contribution in [2.75, 3.05) is 0 Å². The number of aryl methyl sites for hydroxylation is 2. The average molecular weight is 286 g/mol. The molecule has 1 heteroatoms. The maximum atomic E-state index is 12.9. The number of hydrogen-bond donors (Lipinski definition) is 0. The molecule has 0 bridgehead atoms. The molecule has 1 nitrogen and oxygen atoms in total. The van der Waals surface area contributed by atoms with Crippen molar-refractivity contribution in [1.82, 2.24) is 0 Å². The lowest BCUT2D eigenvalue weighted by atomic mass is 9.93. The third kappa shape index (κ3) is 2.84. The zero-order chi connectivity index (χ0) is 15.5. The Bertz CT molecular complexity index is 813. The molecule has 0 heterocycles. The number of hydrogen-bond acceptors (Lipinski definition) is 1. The Hall–Kier alpha value is -2.67. The second-order valence-corrected chi connectivity index (χ2v) is 5.61. The summed E-state index contributed by atoms with van der Waals surface area (Å²) in [5, 5.41) is 0. The zero-order valence-electron chi connectivity index (χ0n) is 12.8. The minimum Gasteiger partial charge on any atom is -0.289 e. The van der Waals surface area contributed by atoms with Crippen molar-refractivity contribution in [1.29, 1.82) is 0 Å². The van der Waals surface area contributed by atoms with E-state index in [2.05, 4.69) is 31.2 Å². The molecule has 0 atom stereocenters. The van der Waals surface area contributed by atoms with Crippen molar-refractivity contribution in [3.8, 4) is 11.1 Å². The molecule has 108 valence electrons. The van der Waals surface area contributed by atoms with Gasteiger partial charge in [0, 0.05) is 11.1 Å². The summed E-state index contributed by atoms with van der Waals surface area (Å²) in [6, 6.07) is 23.8. The fourth-order valence-corrected chi connectivity index (χ4v) is 2.61. The first kappa shape index (κ1) is 14.3. The van der Waals surface area contributed by atoms with Gasteiger partial charge in [0.15, 0.2) is 5.78 Å². The van der Waals surface area contributed by atoms with Crippen LogP contribution in [0.1, 0.15) is 27.0 Å². The van der Waals surface area contributed by atoms with Gasteiger partial charge in [0.25, 0.3) is 0 Å². The van der Waals surface area contributed by atoms with Crippen LogP contribution < -0.4 is 0 Å². The van der Waals surface area contributed by atoms with Crippen molar-refractivity contribution < 1.29 is 4.79 Å². The quantitative estimate of drug-likeness (QED) is 0.605. The standard InChI is InChI=1S/C21H18O/c1-15-10-12-17(13-11-15)19-8-3-4-9-20(19)21(22)18-7-5-6-16(2)14-18/h3-14H,1-2H3. The molecule has 3 aromatic rings. The van der Waals surface area contributed by atoms with Gasteiger partial charge < -0.3 is 0 Å². The largest absolute Gasteiger partial charge is 0.289 e. The van der Waals surface area contributed by atoms with Crippen LogP contribution in [0.4, 0.5) is 0 Å². The van der Waals surface area contributed by atoms with Crippen LogP contribution in [0, 0.1) is 13.8 Å². The molecule has 22 heavy (non-hydrogen) atoms.